The molecule has 0 bridgehead atoms. The Kier molecular flexibility index (Phi) is 4.65. The van der Waals surface area contributed by atoms with Crippen molar-refractivity contribution in [3.63, 3.8) is 0 Å². The molecule has 0 aliphatic heterocycles. The second-order valence-corrected chi connectivity index (χ2v) is 2.51. The molecule has 0 amide bonds. The monoisotopic (exact) mass is 197 g/mol. The SMILES string of the molecule is O=C([O-])c1c(Cl)ccnc1Cl.[Li+]. The summed E-state index contributed by atoms with van der Waals surface area (Å²) in [4.78, 5) is 13.8. The number of halogens is 2. The molecule has 0 atom stereocenters. The maximum atomic E-state index is 10.3. The summed E-state index contributed by atoms with van der Waals surface area (Å²) in [5, 5.41) is 10.2. The molecule has 0 saturated heterocycles. The molecule has 1 heterocycles. The van der Waals surface area contributed by atoms with E-state index in [-0.39, 0.29) is 34.6 Å². The summed E-state index contributed by atoms with van der Waals surface area (Å²) >= 11 is 10.9. The van der Waals surface area contributed by atoms with Gasteiger partial charge in [0, 0.05) is 6.20 Å². The molecule has 12 heavy (non-hydrogen) atoms. The van der Waals surface area contributed by atoms with Crippen molar-refractivity contribution in [2.24, 2.45) is 0 Å². The van der Waals surface area contributed by atoms with E-state index in [0.717, 1.165) is 0 Å². The Morgan fingerprint density at radius 1 is 1.50 bits per heavy atom. The Labute approximate surface area is 90.9 Å². The molecule has 6 heteroatoms. The van der Waals surface area contributed by atoms with Crippen molar-refractivity contribution in [3.8, 4) is 0 Å². The normalized spacial score (nSPS) is 8.83. The average Bonchev–Trinajstić information content (AvgIpc) is 1.85. The minimum absolute atomic E-state index is 0. The Balaban J connectivity index is 0.00000121. The zero-order valence-corrected chi connectivity index (χ0v) is 7.69. The van der Waals surface area contributed by atoms with Crippen LogP contribution in [0.15, 0.2) is 12.3 Å². The molecular weight excluding hydrogens is 196 g/mol. The predicted octanol–water partition coefficient (Wildman–Crippen LogP) is -2.24. The number of hydrogen-bond acceptors (Lipinski definition) is 3. The fraction of sp³-hybridized carbons (Fsp3) is 0. The van der Waals surface area contributed by atoms with E-state index in [1.165, 1.54) is 12.3 Å². The van der Waals surface area contributed by atoms with Gasteiger partial charge in [-0.3, -0.25) is 0 Å². The topological polar surface area (TPSA) is 53.0 Å². The van der Waals surface area contributed by atoms with Gasteiger partial charge in [-0.05, 0) is 6.07 Å². The van der Waals surface area contributed by atoms with E-state index in [0.29, 0.717) is 0 Å². The first-order valence-electron chi connectivity index (χ1n) is 2.64. The predicted molar refractivity (Wildman–Crippen MR) is 38.6 cm³/mol. The van der Waals surface area contributed by atoms with E-state index in [1.807, 2.05) is 0 Å². The molecule has 58 valence electrons. The Morgan fingerprint density at radius 3 is 2.42 bits per heavy atom. The molecule has 0 fully saturated rings. The van der Waals surface area contributed by atoms with Crippen molar-refractivity contribution in [1.82, 2.24) is 4.98 Å². The number of nitrogens with zero attached hydrogens (tertiary/aromatic N) is 1. The number of rotatable bonds is 1. The van der Waals surface area contributed by atoms with Crippen LogP contribution in [0.5, 0.6) is 0 Å². The van der Waals surface area contributed by atoms with Gasteiger partial charge in [0.05, 0.1) is 16.6 Å². The van der Waals surface area contributed by atoms with Crippen molar-refractivity contribution in [1.29, 1.82) is 0 Å². The van der Waals surface area contributed by atoms with Crippen LogP contribution in [0.3, 0.4) is 0 Å². The third kappa shape index (κ3) is 2.39. The van der Waals surface area contributed by atoms with Crippen LogP contribution in [0.4, 0.5) is 0 Å². The van der Waals surface area contributed by atoms with Crippen LogP contribution in [0.25, 0.3) is 0 Å². The van der Waals surface area contributed by atoms with E-state index in [2.05, 4.69) is 4.98 Å². The van der Waals surface area contributed by atoms with Crippen LogP contribution >= 0.6 is 23.2 Å². The molecular formula is C6H2Cl2LiNO2. The van der Waals surface area contributed by atoms with Gasteiger partial charge in [0.15, 0.2) is 0 Å². The van der Waals surface area contributed by atoms with Gasteiger partial charge < -0.3 is 9.90 Å². The number of carboxylic acids is 1. The molecule has 0 spiro atoms. The summed E-state index contributed by atoms with van der Waals surface area (Å²) in [6, 6.07) is 1.33. The zero-order chi connectivity index (χ0) is 8.43. The van der Waals surface area contributed by atoms with Gasteiger partial charge in [0.2, 0.25) is 0 Å². The van der Waals surface area contributed by atoms with E-state index >= 15 is 0 Å². The van der Waals surface area contributed by atoms with Crippen molar-refractivity contribution in [2.45, 2.75) is 0 Å². The zero-order valence-electron chi connectivity index (χ0n) is 6.17. The van der Waals surface area contributed by atoms with Gasteiger partial charge in [-0.15, -0.1) is 0 Å². The maximum absolute atomic E-state index is 10.3. The Hall–Kier alpha value is -0.203. The molecule has 3 nitrogen and oxygen atoms in total. The number of carboxylic acid groups (broad SMARTS) is 1. The van der Waals surface area contributed by atoms with Crippen LogP contribution in [-0.2, 0) is 0 Å². The van der Waals surface area contributed by atoms with Gasteiger partial charge in [-0.1, -0.05) is 23.2 Å². The van der Waals surface area contributed by atoms with Crippen LogP contribution in [0.1, 0.15) is 10.4 Å². The summed E-state index contributed by atoms with van der Waals surface area (Å²) in [5.74, 6) is -1.42. The molecule has 0 N–H and O–H groups in total. The Bertz CT molecular complexity index is 285. The summed E-state index contributed by atoms with van der Waals surface area (Å²) in [5.41, 5.74) is -0.268. The van der Waals surface area contributed by atoms with Gasteiger partial charge >= 0.3 is 18.9 Å². The summed E-state index contributed by atoms with van der Waals surface area (Å²) in [6.45, 7) is 0. The molecule has 0 aliphatic carbocycles. The third-order valence-corrected chi connectivity index (χ3v) is 1.66. The number of carbonyl (C=O) groups excluding carboxylic acids is 1. The fourth-order valence-corrected chi connectivity index (χ4v) is 1.10. The van der Waals surface area contributed by atoms with Gasteiger partial charge in [-0.25, -0.2) is 4.98 Å². The minimum atomic E-state index is -1.42. The maximum Gasteiger partial charge on any atom is 1.00 e. The molecule has 1 aromatic rings. The third-order valence-electron chi connectivity index (χ3n) is 1.06. The first kappa shape index (κ1) is 11.8. The standard InChI is InChI=1S/C6H3Cl2NO2.Li/c7-3-1-2-9-5(8)4(3)6(10)11;/h1-2H,(H,10,11);/q;+1/p-1. The summed E-state index contributed by atoms with van der Waals surface area (Å²) < 4.78 is 0. The van der Waals surface area contributed by atoms with E-state index in [9.17, 15) is 9.90 Å². The van der Waals surface area contributed by atoms with Gasteiger partial charge in [-0.2, -0.15) is 0 Å². The van der Waals surface area contributed by atoms with Crippen molar-refractivity contribution < 1.29 is 28.8 Å². The van der Waals surface area contributed by atoms with Gasteiger partial charge in [0.1, 0.15) is 5.15 Å². The van der Waals surface area contributed by atoms with Crippen molar-refractivity contribution >= 4 is 29.2 Å². The second-order valence-electron chi connectivity index (χ2n) is 1.75. The summed E-state index contributed by atoms with van der Waals surface area (Å²) in [7, 11) is 0. The van der Waals surface area contributed by atoms with Crippen LogP contribution < -0.4 is 24.0 Å². The molecule has 1 aromatic heterocycles. The number of aromatic nitrogens is 1. The van der Waals surface area contributed by atoms with Crippen molar-refractivity contribution in [2.75, 3.05) is 0 Å². The molecule has 0 radical (unpaired) electrons. The van der Waals surface area contributed by atoms with E-state index < -0.39 is 5.97 Å². The molecule has 0 unspecified atom stereocenters. The largest absolute Gasteiger partial charge is 1.00 e. The van der Waals surface area contributed by atoms with Crippen molar-refractivity contribution in [3.05, 3.63) is 28.0 Å². The van der Waals surface area contributed by atoms with E-state index in [4.69, 9.17) is 23.2 Å². The number of hydrogen-bond donors (Lipinski definition) is 0. The smallest absolute Gasteiger partial charge is 0.545 e. The molecule has 0 aliphatic rings. The average molecular weight is 198 g/mol. The number of carbonyl (C=O) groups is 1. The minimum Gasteiger partial charge on any atom is -0.545 e. The summed E-state index contributed by atoms with van der Waals surface area (Å²) in [6.07, 6.45) is 1.32. The molecule has 1 rings (SSSR count). The van der Waals surface area contributed by atoms with Gasteiger partial charge in [0.25, 0.3) is 0 Å². The molecule has 0 saturated carbocycles. The molecule has 0 aromatic carbocycles. The van der Waals surface area contributed by atoms with Crippen LogP contribution in [0.2, 0.25) is 10.2 Å². The first-order valence-corrected chi connectivity index (χ1v) is 3.40. The first-order chi connectivity index (χ1) is 5.13. The van der Waals surface area contributed by atoms with Crippen LogP contribution in [0, 0.1) is 0 Å². The Morgan fingerprint density at radius 2 is 2.08 bits per heavy atom. The number of aromatic carboxylic acids is 1. The van der Waals surface area contributed by atoms with E-state index in [1.54, 1.807) is 0 Å². The van der Waals surface area contributed by atoms with Crippen LogP contribution in [-0.4, -0.2) is 11.0 Å². The number of pyridine rings is 1. The fourth-order valence-electron chi connectivity index (χ4n) is 0.596. The quantitative estimate of drug-likeness (QED) is 0.378. The second kappa shape index (κ2) is 4.73.